The Labute approximate surface area is 148 Å². The maximum Gasteiger partial charge on any atom is 0.255 e. The van der Waals surface area contributed by atoms with Crippen LogP contribution in [0.2, 0.25) is 0 Å². The highest BCUT2D eigenvalue weighted by Gasteiger charge is 2.57. The normalized spacial score (nSPS) is 25.0. The number of amides is 1. The summed E-state index contributed by atoms with van der Waals surface area (Å²) in [6.45, 7) is 2.81. The molecule has 1 amide bonds. The van der Waals surface area contributed by atoms with Crippen molar-refractivity contribution in [2.75, 3.05) is 13.7 Å². The molecule has 25 heavy (non-hydrogen) atoms. The summed E-state index contributed by atoms with van der Waals surface area (Å²) in [7, 11) is 1.95. The topological polar surface area (TPSA) is 59.7 Å². The third-order valence-corrected chi connectivity index (χ3v) is 6.22. The molecule has 2 atom stereocenters. The van der Waals surface area contributed by atoms with E-state index in [1.54, 1.807) is 10.7 Å². The number of carbonyl (C=O) groups is 1. The number of hydrogen-bond acceptors (Lipinski definition) is 4. The number of fused-ring (bicyclic) bond motifs is 1. The molecule has 0 N–H and O–H groups in total. The first kappa shape index (κ1) is 16.5. The molecule has 4 rings (SSSR count). The number of ether oxygens (including phenoxy) is 1. The molecule has 2 aliphatic carbocycles. The van der Waals surface area contributed by atoms with Gasteiger partial charge in [-0.15, -0.1) is 10.2 Å². The van der Waals surface area contributed by atoms with E-state index in [2.05, 4.69) is 17.1 Å². The van der Waals surface area contributed by atoms with Crippen molar-refractivity contribution in [2.45, 2.75) is 57.6 Å². The predicted octanol–water partition coefficient (Wildman–Crippen LogP) is 2.93. The van der Waals surface area contributed by atoms with E-state index in [-0.39, 0.29) is 17.4 Å². The van der Waals surface area contributed by atoms with Crippen molar-refractivity contribution in [3.8, 4) is 0 Å². The number of nitrogens with zero attached hydrogens (tertiary/aromatic N) is 4. The number of hydrogen-bond donors (Lipinski definition) is 0. The molecule has 1 spiro atoms. The summed E-state index contributed by atoms with van der Waals surface area (Å²) in [5, 5.41) is 7.88. The van der Waals surface area contributed by atoms with Crippen LogP contribution in [0.15, 0.2) is 24.7 Å². The van der Waals surface area contributed by atoms with Crippen molar-refractivity contribution < 1.29 is 9.53 Å². The van der Waals surface area contributed by atoms with Crippen LogP contribution >= 0.6 is 0 Å². The van der Waals surface area contributed by atoms with Gasteiger partial charge in [0.25, 0.3) is 5.91 Å². The Balaban J connectivity index is 1.56. The highest BCUT2D eigenvalue weighted by molar-refractivity contribution is 5.94. The van der Waals surface area contributed by atoms with Gasteiger partial charge in [-0.3, -0.25) is 9.20 Å². The monoisotopic (exact) mass is 342 g/mol. The molecule has 2 fully saturated rings. The van der Waals surface area contributed by atoms with Crippen molar-refractivity contribution in [1.29, 1.82) is 0 Å². The van der Waals surface area contributed by atoms with E-state index in [1.807, 2.05) is 30.3 Å². The lowest BCUT2D eigenvalue weighted by atomic mass is 9.54. The van der Waals surface area contributed by atoms with Gasteiger partial charge in [0.1, 0.15) is 6.33 Å². The molecule has 134 valence electrons. The first-order valence-electron chi connectivity index (χ1n) is 9.34. The highest BCUT2D eigenvalue weighted by Crippen LogP contribution is 2.55. The molecular formula is C19H26N4O2. The Morgan fingerprint density at radius 2 is 2.16 bits per heavy atom. The fourth-order valence-corrected chi connectivity index (χ4v) is 4.87. The Kier molecular flexibility index (Phi) is 4.23. The van der Waals surface area contributed by atoms with Gasteiger partial charge < -0.3 is 9.64 Å². The largest absolute Gasteiger partial charge is 0.378 e. The SMILES string of the molecule is CCOC1CC(N(C)C(=O)c2ccc3nncn3c2)C12CCCCC2. The van der Waals surface area contributed by atoms with E-state index in [9.17, 15) is 4.79 Å². The Morgan fingerprint density at radius 1 is 1.36 bits per heavy atom. The highest BCUT2D eigenvalue weighted by atomic mass is 16.5. The maximum absolute atomic E-state index is 13.1. The molecule has 2 saturated carbocycles. The Bertz CT molecular complexity index is 766. The fraction of sp³-hybridized carbons (Fsp3) is 0.632. The van der Waals surface area contributed by atoms with Crippen molar-refractivity contribution in [2.24, 2.45) is 5.41 Å². The lowest BCUT2D eigenvalue weighted by molar-refractivity contribution is -0.170. The minimum Gasteiger partial charge on any atom is -0.378 e. The summed E-state index contributed by atoms with van der Waals surface area (Å²) in [6.07, 6.45) is 10.8. The van der Waals surface area contributed by atoms with E-state index in [0.29, 0.717) is 11.7 Å². The Hall–Kier alpha value is -1.95. The molecule has 0 saturated heterocycles. The van der Waals surface area contributed by atoms with Gasteiger partial charge in [-0.2, -0.15) is 0 Å². The minimum absolute atomic E-state index is 0.0699. The van der Waals surface area contributed by atoms with Gasteiger partial charge in [0.05, 0.1) is 11.7 Å². The van der Waals surface area contributed by atoms with Crippen LogP contribution in [0, 0.1) is 5.41 Å². The molecule has 2 unspecified atom stereocenters. The molecule has 2 aliphatic rings. The zero-order chi connectivity index (χ0) is 17.4. The van der Waals surface area contributed by atoms with Crippen LogP contribution in [0.1, 0.15) is 55.8 Å². The van der Waals surface area contributed by atoms with E-state index in [1.165, 1.54) is 32.1 Å². The number of pyridine rings is 1. The summed E-state index contributed by atoms with van der Waals surface area (Å²) in [6, 6.07) is 3.96. The van der Waals surface area contributed by atoms with Gasteiger partial charge >= 0.3 is 0 Å². The molecule has 0 aliphatic heterocycles. The molecule has 0 bridgehead atoms. The summed E-state index contributed by atoms with van der Waals surface area (Å²) < 4.78 is 7.82. The predicted molar refractivity (Wildman–Crippen MR) is 94.4 cm³/mol. The summed E-state index contributed by atoms with van der Waals surface area (Å²) in [5.74, 6) is 0.0699. The number of carbonyl (C=O) groups excluding carboxylic acids is 1. The second-order valence-electron chi connectivity index (χ2n) is 7.42. The zero-order valence-electron chi connectivity index (χ0n) is 15.0. The molecule has 0 radical (unpaired) electrons. The summed E-state index contributed by atoms with van der Waals surface area (Å²) >= 11 is 0. The average molecular weight is 342 g/mol. The first-order chi connectivity index (χ1) is 12.2. The van der Waals surface area contributed by atoms with Crippen molar-refractivity contribution in [3.63, 3.8) is 0 Å². The van der Waals surface area contributed by atoms with Gasteiger partial charge in [-0.05, 0) is 38.3 Å². The quantitative estimate of drug-likeness (QED) is 0.857. The van der Waals surface area contributed by atoms with E-state index in [4.69, 9.17) is 4.74 Å². The van der Waals surface area contributed by atoms with E-state index >= 15 is 0 Å². The summed E-state index contributed by atoms with van der Waals surface area (Å²) in [5.41, 5.74) is 1.59. The lowest BCUT2D eigenvalue weighted by Crippen LogP contribution is -2.65. The summed E-state index contributed by atoms with van der Waals surface area (Å²) in [4.78, 5) is 15.0. The smallest absolute Gasteiger partial charge is 0.255 e. The molecule has 6 heteroatoms. The van der Waals surface area contributed by atoms with Crippen LogP contribution in [0.3, 0.4) is 0 Å². The van der Waals surface area contributed by atoms with Crippen LogP contribution in [0.4, 0.5) is 0 Å². The van der Waals surface area contributed by atoms with Gasteiger partial charge in [0, 0.05) is 31.3 Å². The van der Waals surface area contributed by atoms with Crippen LogP contribution < -0.4 is 0 Å². The Morgan fingerprint density at radius 3 is 2.92 bits per heavy atom. The van der Waals surface area contributed by atoms with Crippen LogP contribution in [0.5, 0.6) is 0 Å². The third-order valence-electron chi connectivity index (χ3n) is 6.22. The average Bonchev–Trinajstić information content (AvgIpc) is 3.12. The van der Waals surface area contributed by atoms with Gasteiger partial charge in [-0.25, -0.2) is 0 Å². The van der Waals surface area contributed by atoms with Gasteiger partial charge in [0.2, 0.25) is 0 Å². The maximum atomic E-state index is 13.1. The van der Waals surface area contributed by atoms with Gasteiger partial charge in [-0.1, -0.05) is 19.3 Å². The zero-order valence-corrected chi connectivity index (χ0v) is 15.0. The van der Waals surface area contributed by atoms with Crippen LogP contribution in [-0.2, 0) is 4.74 Å². The van der Waals surface area contributed by atoms with E-state index in [0.717, 1.165) is 18.7 Å². The van der Waals surface area contributed by atoms with E-state index < -0.39 is 0 Å². The minimum atomic E-state index is 0.0699. The van der Waals surface area contributed by atoms with Crippen LogP contribution in [0.25, 0.3) is 5.65 Å². The molecule has 0 aromatic carbocycles. The second kappa shape index (κ2) is 6.41. The fourth-order valence-electron chi connectivity index (χ4n) is 4.87. The van der Waals surface area contributed by atoms with Crippen molar-refractivity contribution in [3.05, 3.63) is 30.2 Å². The lowest BCUT2D eigenvalue weighted by Gasteiger charge is -2.60. The molecule has 2 heterocycles. The number of rotatable bonds is 4. The molecular weight excluding hydrogens is 316 g/mol. The molecule has 2 aromatic rings. The first-order valence-corrected chi connectivity index (χ1v) is 9.34. The van der Waals surface area contributed by atoms with Crippen LogP contribution in [-0.4, -0.2) is 51.2 Å². The molecule has 6 nitrogen and oxygen atoms in total. The van der Waals surface area contributed by atoms with Gasteiger partial charge in [0.15, 0.2) is 5.65 Å². The van der Waals surface area contributed by atoms with Crippen molar-refractivity contribution >= 4 is 11.6 Å². The third kappa shape index (κ3) is 2.63. The van der Waals surface area contributed by atoms with Crippen molar-refractivity contribution in [1.82, 2.24) is 19.5 Å². The number of aromatic nitrogens is 3. The molecule has 2 aromatic heterocycles. The standard InChI is InChI=1S/C19H26N4O2/c1-3-25-16-11-15(19(16)9-5-4-6-10-19)22(2)18(24)14-7-8-17-21-20-13-23(17)12-14/h7-8,12-13,15-16H,3-6,9-11H2,1-2H3. The second-order valence-corrected chi connectivity index (χ2v) is 7.42.